The van der Waals surface area contributed by atoms with Crippen LogP contribution in [0.25, 0.3) is 0 Å². The second-order valence-corrected chi connectivity index (χ2v) is 7.79. The van der Waals surface area contributed by atoms with Crippen molar-refractivity contribution in [3.05, 3.63) is 33.8 Å². The van der Waals surface area contributed by atoms with Gasteiger partial charge in [-0.25, -0.2) is 13.1 Å². The molecule has 2 rings (SSSR count). The largest absolute Gasteiger partial charge is 0.329 e. The van der Waals surface area contributed by atoms with Crippen LogP contribution in [-0.4, -0.2) is 20.5 Å². The molecule has 120 valence electrons. The van der Waals surface area contributed by atoms with Gasteiger partial charge in [-0.1, -0.05) is 42.1 Å². The molecule has 1 saturated carbocycles. The van der Waals surface area contributed by atoms with E-state index in [1.54, 1.807) is 18.2 Å². The van der Waals surface area contributed by atoms with Crippen LogP contribution in [0.15, 0.2) is 18.2 Å². The first-order valence-corrected chi connectivity index (χ1v) is 8.93. The van der Waals surface area contributed by atoms with Crippen molar-refractivity contribution in [1.82, 2.24) is 4.72 Å². The Morgan fingerprint density at radius 1 is 1.19 bits per heavy atom. The van der Waals surface area contributed by atoms with Gasteiger partial charge < -0.3 is 5.73 Å². The van der Waals surface area contributed by atoms with Crippen LogP contribution in [0, 0.1) is 0 Å². The van der Waals surface area contributed by atoms with E-state index in [2.05, 4.69) is 4.72 Å². The van der Waals surface area contributed by atoms with Gasteiger partial charge >= 0.3 is 0 Å². The van der Waals surface area contributed by atoms with E-state index in [4.69, 9.17) is 28.9 Å². The molecule has 4 nitrogen and oxygen atoms in total. The van der Waals surface area contributed by atoms with Gasteiger partial charge in [0.1, 0.15) is 0 Å². The fourth-order valence-corrected chi connectivity index (χ4v) is 5.03. The van der Waals surface area contributed by atoms with Crippen LogP contribution in [0.3, 0.4) is 0 Å². The monoisotopic (exact) mass is 372 g/mol. The minimum Gasteiger partial charge on any atom is -0.329 e. The van der Waals surface area contributed by atoms with Gasteiger partial charge in [0.2, 0.25) is 10.0 Å². The lowest BCUT2D eigenvalue weighted by Crippen LogP contribution is -2.51. The van der Waals surface area contributed by atoms with E-state index < -0.39 is 15.6 Å². The Morgan fingerprint density at radius 3 is 2.19 bits per heavy atom. The summed E-state index contributed by atoms with van der Waals surface area (Å²) in [5.74, 6) is -0.229. The van der Waals surface area contributed by atoms with Crippen LogP contribution in [0.4, 0.5) is 0 Å². The number of rotatable bonds is 5. The minimum atomic E-state index is -3.53. The molecule has 0 saturated heterocycles. The van der Waals surface area contributed by atoms with Crippen molar-refractivity contribution < 1.29 is 8.42 Å². The van der Waals surface area contributed by atoms with Crippen molar-refractivity contribution >= 4 is 45.6 Å². The molecule has 0 bridgehead atoms. The van der Waals surface area contributed by atoms with Gasteiger partial charge in [0.05, 0.1) is 5.75 Å². The van der Waals surface area contributed by atoms with Gasteiger partial charge in [-0.3, -0.25) is 0 Å². The van der Waals surface area contributed by atoms with Crippen LogP contribution < -0.4 is 10.5 Å². The molecule has 0 aromatic heterocycles. The number of benzene rings is 1. The molecule has 1 aromatic carbocycles. The molecule has 1 aliphatic rings. The average molecular weight is 374 g/mol. The summed E-state index contributed by atoms with van der Waals surface area (Å²) in [6, 6.07) is 4.95. The second kappa shape index (κ2) is 7.49. The fourth-order valence-electron chi connectivity index (χ4n) is 2.63. The highest BCUT2D eigenvalue weighted by Gasteiger charge is 2.36. The number of hydrogen-bond acceptors (Lipinski definition) is 3. The average Bonchev–Trinajstić information content (AvgIpc) is 2.82. The highest BCUT2D eigenvalue weighted by molar-refractivity contribution is 7.88. The van der Waals surface area contributed by atoms with Gasteiger partial charge in [0.25, 0.3) is 0 Å². The molecular weight excluding hydrogens is 355 g/mol. The SMILES string of the molecule is Cl.NCC1(NS(=O)(=O)Cc2c(Cl)cccc2Cl)CCCC1. The summed E-state index contributed by atoms with van der Waals surface area (Å²) in [5, 5.41) is 0.715. The standard InChI is InChI=1S/C13H18Cl2N2O2S.ClH/c14-11-4-3-5-12(15)10(11)8-20(18,19)17-13(9-16)6-1-2-7-13;/h3-5,17H,1-2,6-9,16H2;1H. The summed E-state index contributed by atoms with van der Waals surface area (Å²) < 4.78 is 27.4. The molecule has 3 N–H and O–H groups in total. The third-order valence-corrected chi connectivity index (χ3v) is 5.84. The van der Waals surface area contributed by atoms with E-state index in [1.165, 1.54) is 0 Å². The van der Waals surface area contributed by atoms with Crippen molar-refractivity contribution in [3.8, 4) is 0 Å². The number of halogens is 3. The van der Waals surface area contributed by atoms with Gasteiger partial charge in [-0.15, -0.1) is 12.4 Å². The molecule has 21 heavy (non-hydrogen) atoms. The van der Waals surface area contributed by atoms with Crippen molar-refractivity contribution in [2.24, 2.45) is 5.73 Å². The van der Waals surface area contributed by atoms with E-state index >= 15 is 0 Å². The van der Waals surface area contributed by atoms with Crippen molar-refractivity contribution in [1.29, 1.82) is 0 Å². The molecule has 1 fully saturated rings. The highest BCUT2D eigenvalue weighted by Crippen LogP contribution is 2.31. The molecule has 0 atom stereocenters. The summed E-state index contributed by atoms with van der Waals surface area (Å²) in [4.78, 5) is 0. The molecule has 0 unspecified atom stereocenters. The molecule has 0 spiro atoms. The van der Waals surface area contributed by atoms with Crippen LogP contribution in [-0.2, 0) is 15.8 Å². The van der Waals surface area contributed by atoms with Gasteiger partial charge in [-0.05, 0) is 25.0 Å². The smallest absolute Gasteiger partial charge is 0.216 e. The van der Waals surface area contributed by atoms with E-state index in [0.29, 0.717) is 22.2 Å². The van der Waals surface area contributed by atoms with Gasteiger partial charge in [-0.2, -0.15) is 0 Å². The molecule has 8 heteroatoms. The topological polar surface area (TPSA) is 72.2 Å². The number of sulfonamides is 1. The maximum absolute atomic E-state index is 12.3. The Labute approximate surface area is 141 Å². The first kappa shape index (κ1) is 19.0. The first-order valence-electron chi connectivity index (χ1n) is 6.52. The highest BCUT2D eigenvalue weighted by atomic mass is 35.5. The lowest BCUT2D eigenvalue weighted by Gasteiger charge is -2.28. The van der Waals surface area contributed by atoms with E-state index in [-0.39, 0.29) is 18.2 Å². The van der Waals surface area contributed by atoms with Crippen LogP contribution in [0.1, 0.15) is 31.2 Å². The van der Waals surface area contributed by atoms with E-state index in [1.807, 2.05) is 0 Å². The summed E-state index contributed by atoms with van der Waals surface area (Å²) in [6.45, 7) is 0.308. The van der Waals surface area contributed by atoms with Crippen LogP contribution >= 0.6 is 35.6 Å². The third-order valence-electron chi connectivity index (χ3n) is 3.72. The number of nitrogens with two attached hydrogens (primary N) is 1. The molecule has 0 aliphatic heterocycles. The van der Waals surface area contributed by atoms with Gasteiger partial charge in [0, 0.05) is 27.7 Å². The molecule has 0 radical (unpaired) electrons. The maximum Gasteiger partial charge on any atom is 0.216 e. The Kier molecular flexibility index (Phi) is 6.78. The number of hydrogen-bond donors (Lipinski definition) is 2. The van der Waals surface area contributed by atoms with Crippen molar-refractivity contribution in [2.75, 3.05) is 6.54 Å². The lowest BCUT2D eigenvalue weighted by atomic mass is 10.0. The zero-order valence-electron chi connectivity index (χ0n) is 11.4. The Balaban J connectivity index is 0.00000220. The molecule has 0 amide bonds. The summed E-state index contributed by atoms with van der Waals surface area (Å²) >= 11 is 12.0. The summed E-state index contributed by atoms with van der Waals surface area (Å²) in [7, 11) is -3.53. The molecule has 1 aromatic rings. The Hall–Kier alpha value is -0.0400. The predicted octanol–water partition coefficient (Wildman–Crippen LogP) is 3.11. The van der Waals surface area contributed by atoms with E-state index in [0.717, 1.165) is 25.7 Å². The normalized spacial score (nSPS) is 17.5. The van der Waals surface area contributed by atoms with Crippen LogP contribution in [0.2, 0.25) is 10.0 Å². The maximum atomic E-state index is 12.3. The molecular formula is C13H19Cl3N2O2S. The second-order valence-electron chi connectivity index (χ2n) is 5.25. The van der Waals surface area contributed by atoms with Crippen molar-refractivity contribution in [2.45, 2.75) is 37.0 Å². The molecule has 0 heterocycles. The molecule has 1 aliphatic carbocycles. The fraction of sp³-hybridized carbons (Fsp3) is 0.538. The van der Waals surface area contributed by atoms with Crippen LogP contribution in [0.5, 0.6) is 0 Å². The summed E-state index contributed by atoms with van der Waals surface area (Å²) in [5.41, 5.74) is 5.67. The van der Waals surface area contributed by atoms with Crippen molar-refractivity contribution in [3.63, 3.8) is 0 Å². The third kappa shape index (κ3) is 4.71. The lowest BCUT2D eigenvalue weighted by molar-refractivity contribution is 0.399. The quantitative estimate of drug-likeness (QED) is 0.833. The van der Waals surface area contributed by atoms with Gasteiger partial charge in [0.15, 0.2) is 0 Å². The minimum absolute atomic E-state index is 0. The predicted molar refractivity (Wildman–Crippen MR) is 89.7 cm³/mol. The van der Waals surface area contributed by atoms with E-state index in [9.17, 15) is 8.42 Å². The summed E-state index contributed by atoms with van der Waals surface area (Å²) in [6.07, 6.45) is 3.54. The zero-order valence-corrected chi connectivity index (χ0v) is 14.6. The Morgan fingerprint density at radius 2 is 1.71 bits per heavy atom. The Bertz CT molecular complexity index is 567. The first-order chi connectivity index (χ1) is 9.37. The number of nitrogens with one attached hydrogen (secondary N) is 1. The zero-order chi connectivity index (χ0) is 14.8.